The summed E-state index contributed by atoms with van der Waals surface area (Å²) in [5.74, 6) is -2.25. The van der Waals surface area contributed by atoms with E-state index in [1.807, 2.05) is 0 Å². The Kier molecular flexibility index (Phi) is 8.70. The third kappa shape index (κ3) is 8.50. The van der Waals surface area contributed by atoms with Crippen molar-refractivity contribution < 1.29 is 24.3 Å². The van der Waals surface area contributed by atoms with Crippen LogP contribution in [0.15, 0.2) is 30.3 Å². The van der Waals surface area contributed by atoms with Crippen molar-refractivity contribution in [3.8, 4) is 0 Å². The highest BCUT2D eigenvalue weighted by Gasteiger charge is 2.19. The van der Waals surface area contributed by atoms with Crippen molar-refractivity contribution in [2.75, 3.05) is 13.1 Å². The van der Waals surface area contributed by atoms with Crippen molar-refractivity contribution in [2.45, 2.75) is 32.2 Å². The summed E-state index contributed by atoms with van der Waals surface area (Å²) >= 11 is 0. The Hall–Kier alpha value is -2.90. The minimum absolute atomic E-state index is 0.141. The van der Waals surface area contributed by atoms with Gasteiger partial charge in [0.05, 0.1) is 6.54 Å². The van der Waals surface area contributed by atoms with E-state index >= 15 is 0 Å². The number of benzene rings is 1. The maximum atomic E-state index is 11.8. The van der Waals surface area contributed by atoms with Gasteiger partial charge in [-0.15, -0.1) is 0 Å². The van der Waals surface area contributed by atoms with Crippen LogP contribution in [0.5, 0.6) is 0 Å². The smallest absolute Gasteiger partial charge is 0.326 e. The maximum absolute atomic E-state index is 11.8. The fourth-order valence-electron chi connectivity index (χ4n) is 2.09. The SMILES string of the molecule is CC(=O)NCCCC[C@H](NC(=O)CNC(=O)c1ccccc1)C(=O)O. The number of unbranched alkanes of at least 4 members (excludes halogenated alkanes) is 1. The average molecular weight is 349 g/mol. The van der Waals surface area contributed by atoms with Crippen LogP contribution in [-0.2, 0) is 14.4 Å². The molecule has 0 bridgehead atoms. The summed E-state index contributed by atoms with van der Waals surface area (Å²) < 4.78 is 0. The molecule has 0 saturated carbocycles. The van der Waals surface area contributed by atoms with Gasteiger partial charge in [-0.05, 0) is 31.4 Å². The molecule has 0 heterocycles. The first-order valence-corrected chi connectivity index (χ1v) is 8.00. The summed E-state index contributed by atoms with van der Waals surface area (Å²) in [5, 5.41) is 16.6. The molecule has 0 aromatic heterocycles. The first-order chi connectivity index (χ1) is 11.9. The number of carbonyl (C=O) groups is 4. The molecule has 0 fully saturated rings. The fraction of sp³-hybridized carbons (Fsp3) is 0.412. The lowest BCUT2D eigenvalue weighted by molar-refractivity contribution is -0.141. The second kappa shape index (κ2) is 10.8. The highest BCUT2D eigenvalue weighted by Crippen LogP contribution is 2.01. The number of carboxylic acid groups (broad SMARTS) is 1. The second-order valence-corrected chi connectivity index (χ2v) is 5.49. The molecule has 1 aromatic carbocycles. The molecule has 0 aliphatic rings. The van der Waals surface area contributed by atoms with Gasteiger partial charge in [0, 0.05) is 19.0 Å². The lowest BCUT2D eigenvalue weighted by Gasteiger charge is -2.15. The molecule has 1 aromatic rings. The highest BCUT2D eigenvalue weighted by molar-refractivity contribution is 5.96. The summed E-state index contributed by atoms with van der Waals surface area (Å²) in [4.78, 5) is 45.6. The number of hydrogen-bond acceptors (Lipinski definition) is 4. The number of nitrogens with one attached hydrogen (secondary N) is 3. The van der Waals surface area contributed by atoms with Gasteiger partial charge in [0.1, 0.15) is 6.04 Å². The topological polar surface area (TPSA) is 125 Å². The Bertz CT molecular complexity index is 604. The van der Waals surface area contributed by atoms with Gasteiger partial charge in [0.25, 0.3) is 5.91 Å². The summed E-state index contributed by atoms with van der Waals surface area (Å²) in [7, 11) is 0. The Balaban J connectivity index is 2.34. The molecule has 0 saturated heterocycles. The first kappa shape index (κ1) is 20.1. The maximum Gasteiger partial charge on any atom is 0.326 e. The molecule has 0 spiro atoms. The van der Waals surface area contributed by atoms with Gasteiger partial charge in [0.2, 0.25) is 11.8 Å². The van der Waals surface area contributed by atoms with Crippen molar-refractivity contribution in [1.82, 2.24) is 16.0 Å². The van der Waals surface area contributed by atoms with Gasteiger partial charge in [-0.1, -0.05) is 18.2 Å². The van der Waals surface area contributed by atoms with Crippen molar-refractivity contribution in [1.29, 1.82) is 0 Å². The van der Waals surface area contributed by atoms with E-state index in [0.29, 0.717) is 24.9 Å². The van der Waals surface area contributed by atoms with Crippen LogP contribution >= 0.6 is 0 Å². The van der Waals surface area contributed by atoms with E-state index in [0.717, 1.165) is 0 Å². The van der Waals surface area contributed by atoms with Crippen molar-refractivity contribution in [3.63, 3.8) is 0 Å². The van der Waals surface area contributed by atoms with Crippen molar-refractivity contribution in [3.05, 3.63) is 35.9 Å². The normalized spacial score (nSPS) is 11.2. The summed E-state index contributed by atoms with van der Waals surface area (Å²) in [6, 6.07) is 7.38. The molecule has 1 rings (SSSR count). The predicted molar refractivity (Wildman–Crippen MR) is 90.9 cm³/mol. The van der Waals surface area contributed by atoms with Crippen LogP contribution < -0.4 is 16.0 Å². The molecule has 136 valence electrons. The predicted octanol–water partition coefficient (Wildman–Crippen LogP) is 0.292. The number of rotatable bonds is 10. The van der Waals surface area contributed by atoms with E-state index in [1.165, 1.54) is 6.92 Å². The lowest BCUT2D eigenvalue weighted by atomic mass is 10.1. The third-order valence-electron chi connectivity index (χ3n) is 3.37. The number of aliphatic carboxylic acids is 1. The summed E-state index contributed by atoms with van der Waals surface area (Å²) in [6.07, 6.45) is 1.39. The number of carbonyl (C=O) groups excluding carboxylic acids is 3. The lowest BCUT2D eigenvalue weighted by Crippen LogP contribution is -2.45. The number of hydrogen-bond donors (Lipinski definition) is 4. The zero-order valence-corrected chi connectivity index (χ0v) is 14.1. The van der Waals surface area contributed by atoms with Crippen LogP contribution in [0.4, 0.5) is 0 Å². The van der Waals surface area contributed by atoms with Crippen molar-refractivity contribution >= 4 is 23.7 Å². The number of amides is 3. The standard InChI is InChI=1S/C17H23N3O5/c1-12(21)18-10-6-5-9-14(17(24)25)20-15(22)11-19-16(23)13-7-3-2-4-8-13/h2-4,7-8,14H,5-6,9-11H2,1H3,(H,18,21)(H,19,23)(H,20,22)(H,24,25)/t14-/m0/s1. The van der Waals surface area contributed by atoms with Gasteiger partial charge in [-0.2, -0.15) is 0 Å². The molecule has 8 nitrogen and oxygen atoms in total. The van der Waals surface area contributed by atoms with E-state index in [9.17, 15) is 19.2 Å². The molecular weight excluding hydrogens is 326 g/mol. The molecule has 3 amide bonds. The molecule has 8 heteroatoms. The molecule has 0 unspecified atom stereocenters. The molecular formula is C17H23N3O5. The van der Waals surface area contributed by atoms with E-state index in [4.69, 9.17) is 5.11 Å². The van der Waals surface area contributed by atoms with Gasteiger partial charge in [-0.25, -0.2) is 4.79 Å². The molecule has 25 heavy (non-hydrogen) atoms. The first-order valence-electron chi connectivity index (χ1n) is 8.00. The Morgan fingerprint density at radius 3 is 2.32 bits per heavy atom. The summed E-state index contributed by atoms with van der Waals surface area (Å²) in [6.45, 7) is 1.57. The van der Waals surface area contributed by atoms with Crippen molar-refractivity contribution in [2.24, 2.45) is 0 Å². The van der Waals surface area contributed by atoms with E-state index in [2.05, 4.69) is 16.0 Å². The second-order valence-electron chi connectivity index (χ2n) is 5.49. The zero-order valence-electron chi connectivity index (χ0n) is 14.1. The van der Waals surface area contributed by atoms with Crippen LogP contribution in [0.3, 0.4) is 0 Å². The quantitative estimate of drug-likeness (QED) is 0.452. The van der Waals surface area contributed by atoms with Crippen LogP contribution in [-0.4, -0.2) is 47.9 Å². The Labute approximate surface area is 146 Å². The molecule has 1 atom stereocenters. The molecule has 0 aliphatic heterocycles. The van der Waals surface area contributed by atoms with Gasteiger partial charge < -0.3 is 21.1 Å². The largest absolute Gasteiger partial charge is 0.480 e. The van der Waals surface area contributed by atoms with Gasteiger partial charge in [0.15, 0.2) is 0 Å². The molecule has 0 aliphatic carbocycles. The van der Waals surface area contributed by atoms with E-state index in [1.54, 1.807) is 30.3 Å². The van der Waals surface area contributed by atoms with Gasteiger partial charge >= 0.3 is 5.97 Å². The molecule has 0 radical (unpaired) electrons. The minimum Gasteiger partial charge on any atom is -0.480 e. The van der Waals surface area contributed by atoms with Crippen LogP contribution in [0, 0.1) is 0 Å². The van der Waals surface area contributed by atoms with E-state index < -0.39 is 23.8 Å². The minimum atomic E-state index is -1.14. The fourth-order valence-corrected chi connectivity index (χ4v) is 2.09. The van der Waals surface area contributed by atoms with Crippen LogP contribution in [0.2, 0.25) is 0 Å². The summed E-state index contributed by atoms with van der Waals surface area (Å²) in [5.41, 5.74) is 0.419. The zero-order chi connectivity index (χ0) is 18.7. The average Bonchev–Trinajstić information content (AvgIpc) is 2.58. The third-order valence-corrected chi connectivity index (χ3v) is 3.37. The van der Waals surface area contributed by atoms with E-state index in [-0.39, 0.29) is 18.9 Å². The Morgan fingerprint density at radius 1 is 1.04 bits per heavy atom. The number of carboxylic acids is 1. The highest BCUT2D eigenvalue weighted by atomic mass is 16.4. The molecule has 4 N–H and O–H groups in total. The van der Waals surface area contributed by atoms with Crippen LogP contribution in [0.1, 0.15) is 36.5 Å². The van der Waals surface area contributed by atoms with Crippen LogP contribution in [0.25, 0.3) is 0 Å². The van der Waals surface area contributed by atoms with Gasteiger partial charge in [-0.3, -0.25) is 14.4 Å². The Morgan fingerprint density at radius 2 is 1.72 bits per heavy atom. The monoisotopic (exact) mass is 349 g/mol.